The van der Waals surface area contributed by atoms with Gasteiger partial charge in [0.15, 0.2) is 34.8 Å². The van der Waals surface area contributed by atoms with E-state index in [1.807, 2.05) is 27.7 Å². The van der Waals surface area contributed by atoms with Crippen molar-refractivity contribution in [2.24, 2.45) is 27.4 Å². The molecule has 2 aliphatic rings. The molecule has 0 radical (unpaired) electrons. The molecule has 3 heterocycles. The number of guanidine groups is 2. The number of hydrogen-bond donors (Lipinski definition) is 7. The number of anilines is 2. The first-order chi connectivity index (χ1) is 31.2. The molecule has 2 atom stereocenters. The van der Waals surface area contributed by atoms with Gasteiger partial charge in [-0.3, -0.25) is 14.6 Å². The van der Waals surface area contributed by atoms with Gasteiger partial charge in [0.05, 0.1) is 11.4 Å². The Balaban J connectivity index is 0.00000560. The number of sulfonamides is 1. The van der Waals surface area contributed by atoms with Crippen molar-refractivity contribution in [2.45, 2.75) is 143 Å². The summed E-state index contributed by atoms with van der Waals surface area (Å²) in [6.45, 7) is 20.0. The molecule has 1 amide bonds. The second-order valence-electron chi connectivity index (χ2n) is 18.5. The van der Waals surface area contributed by atoms with E-state index in [4.69, 9.17) is 32.4 Å². The summed E-state index contributed by atoms with van der Waals surface area (Å²) in [5.41, 5.74) is 30.6. The van der Waals surface area contributed by atoms with Gasteiger partial charge in [0, 0.05) is 55.4 Å². The topological polar surface area (TPSA) is 365 Å². The second-order valence-corrected chi connectivity index (χ2v) is 20.1. The molecule has 1 aromatic heterocycles. The van der Waals surface area contributed by atoms with E-state index in [9.17, 15) is 32.7 Å². The Bertz CT molecular complexity index is 2680. The van der Waals surface area contributed by atoms with E-state index in [0.717, 1.165) is 40.0 Å². The minimum atomic E-state index is -4.16. The van der Waals surface area contributed by atoms with Gasteiger partial charge in [-0.15, -0.1) is 0 Å². The molecule has 12 N–H and O–H groups in total. The number of ether oxygens (including phenoxy) is 2. The standard InChI is InChI=1S/C46H64N11O9S.2Li.H2O/c1-22-23(2)36-30(18-45(7,8)65-36)26(5)32(22)20-53-43(49)51-16-12-14-29(21-58)54-41(60)35-40(48)55-34(39(47)56-35)33(59)17-28(42(61)62)13-11-15-52-44(50)57-67(63,64)38-25(4)24(3)37-31(27(38)6)19-46(9,10)66-37;;;/h28-29H,11-20H2,1-10H3,(H2,47,56)(H2,48,55)(H,54,60)(H,61,62)(H3,49,51,53)(H3,50,52,57);;;1H2/q-1;2*+1;/p-2/t28-,29+;;;/m1.../s1. The largest absolute Gasteiger partial charge is 1.00 e. The van der Waals surface area contributed by atoms with Gasteiger partial charge in [0.2, 0.25) is 5.96 Å². The number of hydrogen-bond acceptors (Lipinski definition) is 16. The first-order valence-electron chi connectivity index (χ1n) is 22.0. The van der Waals surface area contributed by atoms with Gasteiger partial charge in [-0.25, -0.2) is 34.4 Å². The number of nitrogen functional groups attached to an aromatic ring is 2. The number of nitrogens with zero attached hydrogens (tertiary/aromatic N) is 4. The van der Waals surface area contributed by atoms with Crippen molar-refractivity contribution in [2.75, 3.05) is 24.6 Å². The monoisotopic (exact) mass is 976 g/mol. The van der Waals surface area contributed by atoms with Crippen molar-refractivity contribution < 1.29 is 85.4 Å². The number of nitrogens with one attached hydrogen (secondary N) is 3. The van der Waals surface area contributed by atoms with Gasteiger partial charge in [0.1, 0.15) is 22.7 Å². The first kappa shape index (κ1) is 60.8. The van der Waals surface area contributed by atoms with E-state index in [2.05, 4.69) is 56.1 Å². The Morgan fingerprint density at radius 3 is 1.90 bits per heavy atom. The zero-order chi connectivity index (χ0) is 49.9. The molecular formula is C46H64Li2N11O10S-. The number of aliphatic imine (C=N–C) groups is 2. The number of carbonyl (C=O) groups excluding carboxylic acids is 4. The van der Waals surface area contributed by atoms with Crippen molar-refractivity contribution in [3.63, 3.8) is 0 Å². The molecule has 0 spiro atoms. The number of benzene rings is 2. The Morgan fingerprint density at radius 1 is 0.786 bits per heavy atom. The van der Waals surface area contributed by atoms with Crippen LogP contribution in [0.15, 0.2) is 14.9 Å². The van der Waals surface area contributed by atoms with E-state index in [-0.39, 0.29) is 85.5 Å². The Kier molecular flexibility index (Phi) is 21.0. The SMILES string of the molecule is Cc1c(C)c2c(c(C)c1CN=C(N)NCCC[C@@H]([C-]=O)NC(=O)c1nc(N)c(C(=O)C[C@@H](CCCN=C(N)NS(=O)(=O)c3c(C)c(C)c4c(c3C)CC(C)(C)O4)C(=O)[O-])nc1N)CC(C)(C)O2.[Li+].[Li+].[OH-]. The Morgan fingerprint density at radius 2 is 1.33 bits per heavy atom. The third kappa shape index (κ3) is 13.9. The van der Waals surface area contributed by atoms with Crippen LogP contribution in [0.4, 0.5) is 11.6 Å². The maximum atomic E-state index is 13.5. The van der Waals surface area contributed by atoms with Crippen LogP contribution in [-0.4, -0.2) is 90.1 Å². The van der Waals surface area contributed by atoms with Gasteiger partial charge in [-0.1, -0.05) is 12.5 Å². The molecule has 3 aromatic rings. The second kappa shape index (κ2) is 24.2. The third-order valence-corrected chi connectivity index (χ3v) is 14.0. The first-order valence-corrected chi connectivity index (χ1v) is 23.5. The van der Waals surface area contributed by atoms with Crippen LogP contribution in [0.3, 0.4) is 0 Å². The van der Waals surface area contributed by atoms with Gasteiger partial charge >= 0.3 is 37.7 Å². The number of fused-ring (bicyclic) bond motifs is 2. The van der Waals surface area contributed by atoms with Gasteiger partial charge in [0.25, 0.3) is 15.9 Å². The zero-order valence-electron chi connectivity index (χ0n) is 42.4. The maximum absolute atomic E-state index is 13.5. The normalized spacial score (nSPS) is 15.3. The molecular weight excluding hydrogens is 913 g/mol. The number of rotatable bonds is 19. The maximum Gasteiger partial charge on any atom is 1.00 e. The Hall–Kier alpha value is -5.36. The molecule has 24 heteroatoms. The number of carboxylic acids is 1. The summed E-state index contributed by atoms with van der Waals surface area (Å²) in [6.07, 6.45) is 3.01. The van der Waals surface area contributed by atoms with E-state index in [1.54, 1.807) is 27.1 Å². The van der Waals surface area contributed by atoms with Crippen LogP contribution >= 0.6 is 0 Å². The van der Waals surface area contributed by atoms with Crippen LogP contribution in [-0.2, 0) is 39.0 Å². The van der Waals surface area contributed by atoms with E-state index >= 15 is 0 Å². The number of aliphatic carboxylic acids is 1. The fourth-order valence-electron chi connectivity index (χ4n) is 8.58. The molecule has 372 valence electrons. The minimum absolute atomic E-state index is 0. The molecule has 0 bridgehead atoms. The average Bonchev–Trinajstić information content (AvgIpc) is 3.76. The van der Waals surface area contributed by atoms with Crippen LogP contribution in [0.5, 0.6) is 11.5 Å². The van der Waals surface area contributed by atoms with Crippen LogP contribution < -0.4 is 90.6 Å². The number of carboxylic acid groups (broad SMARTS) is 1. The summed E-state index contributed by atoms with van der Waals surface area (Å²) in [4.78, 5) is 66.7. The molecule has 0 fully saturated rings. The smallest absolute Gasteiger partial charge is 0.870 e. The predicted molar refractivity (Wildman–Crippen MR) is 254 cm³/mol. The van der Waals surface area contributed by atoms with Crippen molar-refractivity contribution in [1.29, 1.82) is 0 Å². The molecule has 5 rings (SSSR count). The van der Waals surface area contributed by atoms with Crippen molar-refractivity contribution >= 4 is 57.5 Å². The van der Waals surface area contributed by atoms with Crippen molar-refractivity contribution in [3.05, 3.63) is 61.5 Å². The minimum Gasteiger partial charge on any atom is -0.870 e. The van der Waals surface area contributed by atoms with Crippen LogP contribution in [0, 0.1) is 47.5 Å². The summed E-state index contributed by atoms with van der Waals surface area (Å²) in [7, 11) is -4.16. The summed E-state index contributed by atoms with van der Waals surface area (Å²) in [5.74, 6) is -4.15. The summed E-state index contributed by atoms with van der Waals surface area (Å²) in [5, 5.41) is 17.5. The number of Topliss-reactive ketones (excluding diaryl/α,β-unsaturated/α-hetero) is 1. The zero-order valence-corrected chi connectivity index (χ0v) is 43.2. The van der Waals surface area contributed by atoms with Crippen molar-refractivity contribution in [3.8, 4) is 11.5 Å². The molecule has 2 aromatic carbocycles. The molecule has 70 heavy (non-hydrogen) atoms. The summed E-state index contributed by atoms with van der Waals surface area (Å²) < 4.78 is 41.6. The quantitative estimate of drug-likeness (QED) is 0.0150. The molecule has 0 unspecified atom stereocenters. The summed E-state index contributed by atoms with van der Waals surface area (Å²) >= 11 is 0. The fourth-order valence-corrected chi connectivity index (χ4v) is 10.1. The average molecular weight is 977 g/mol. The van der Waals surface area contributed by atoms with Gasteiger partial charge in [-0.2, -0.15) is 0 Å². The molecule has 21 nitrogen and oxygen atoms in total. The summed E-state index contributed by atoms with van der Waals surface area (Å²) in [6, 6.07) is -1.07. The van der Waals surface area contributed by atoms with E-state index in [1.165, 1.54) is 5.56 Å². The molecule has 2 aliphatic heterocycles. The molecule has 0 aliphatic carbocycles. The van der Waals surface area contributed by atoms with Gasteiger partial charge < -0.3 is 63.2 Å². The number of carbonyl (C=O) groups is 3. The molecule has 0 saturated heterocycles. The van der Waals surface area contributed by atoms with Crippen LogP contribution in [0.1, 0.15) is 131 Å². The number of amides is 1. The molecule has 0 saturated carbocycles. The number of aromatic nitrogens is 2. The van der Waals surface area contributed by atoms with Crippen LogP contribution in [0.25, 0.3) is 0 Å². The Labute approximate surface area is 433 Å². The van der Waals surface area contributed by atoms with Crippen molar-refractivity contribution in [1.82, 2.24) is 25.3 Å². The number of ketones is 1. The predicted octanol–water partition coefficient (Wildman–Crippen LogP) is -4.15. The number of nitrogens with two attached hydrogens (primary N) is 4. The van der Waals surface area contributed by atoms with E-state index < -0.39 is 80.6 Å². The third-order valence-electron chi connectivity index (χ3n) is 12.3. The van der Waals surface area contributed by atoms with E-state index in [0.29, 0.717) is 48.4 Å². The van der Waals surface area contributed by atoms with Crippen LogP contribution in [0.2, 0.25) is 0 Å². The van der Waals surface area contributed by atoms with Gasteiger partial charge in [-0.05, 0) is 127 Å². The fraction of sp³-hybridized carbons (Fsp3) is 0.522.